The first-order valence-corrected chi connectivity index (χ1v) is 8.48. The van der Waals surface area contributed by atoms with E-state index in [2.05, 4.69) is 47.8 Å². The van der Waals surface area contributed by atoms with Gasteiger partial charge in [-0.1, -0.05) is 42.5 Å². The van der Waals surface area contributed by atoms with Crippen LogP contribution in [0.3, 0.4) is 0 Å². The molecule has 2 aromatic carbocycles. The molecule has 0 saturated heterocycles. The highest BCUT2D eigenvalue weighted by Gasteiger charge is 2.10. The van der Waals surface area contributed by atoms with Crippen LogP contribution in [-0.2, 0) is 12.8 Å². The van der Waals surface area contributed by atoms with Crippen molar-refractivity contribution in [2.45, 2.75) is 25.7 Å². The zero-order chi connectivity index (χ0) is 15.9. The molecule has 1 aliphatic carbocycles. The molecule has 0 atom stereocenters. The zero-order valence-corrected chi connectivity index (χ0v) is 13.8. The summed E-state index contributed by atoms with van der Waals surface area (Å²) in [7, 11) is 1.71. The Labute approximate surface area is 139 Å². The van der Waals surface area contributed by atoms with E-state index in [-0.39, 0.29) is 0 Å². The van der Waals surface area contributed by atoms with E-state index in [9.17, 15) is 0 Å². The standard InChI is InChI=1S/C21H25NO/c1-23-20-13-11-17(12-14-20)6-5-15-22-16-19-9-4-8-18-7-2-3-10-21(18)19/h2-3,7,9-14,22H,4-6,8,15-16H2,1H3. The molecule has 0 aliphatic heterocycles. The molecular weight excluding hydrogens is 282 g/mol. The molecule has 0 bridgehead atoms. The molecular formula is C21H25NO. The van der Waals surface area contributed by atoms with Gasteiger partial charge in [0.25, 0.3) is 0 Å². The lowest BCUT2D eigenvalue weighted by molar-refractivity contribution is 0.414. The van der Waals surface area contributed by atoms with Crippen molar-refractivity contribution in [3.05, 3.63) is 71.3 Å². The van der Waals surface area contributed by atoms with Crippen LogP contribution in [0.2, 0.25) is 0 Å². The molecule has 2 nitrogen and oxygen atoms in total. The van der Waals surface area contributed by atoms with Gasteiger partial charge in [0, 0.05) is 6.54 Å². The molecule has 23 heavy (non-hydrogen) atoms. The fraction of sp³-hybridized carbons (Fsp3) is 0.333. The van der Waals surface area contributed by atoms with Gasteiger partial charge in [0.05, 0.1) is 7.11 Å². The van der Waals surface area contributed by atoms with Gasteiger partial charge in [-0.15, -0.1) is 0 Å². The average Bonchev–Trinajstić information content (AvgIpc) is 2.62. The summed E-state index contributed by atoms with van der Waals surface area (Å²) in [6.45, 7) is 2.02. The number of hydrogen-bond donors (Lipinski definition) is 1. The molecule has 2 heteroatoms. The maximum Gasteiger partial charge on any atom is 0.118 e. The normalized spacial score (nSPS) is 13.3. The summed E-state index contributed by atoms with van der Waals surface area (Å²) in [5.74, 6) is 0.926. The minimum absolute atomic E-state index is 0.926. The number of fused-ring (bicyclic) bond motifs is 1. The van der Waals surface area contributed by atoms with Gasteiger partial charge in [-0.2, -0.15) is 0 Å². The molecule has 0 saturated carbocycles. The third-order valence-electron chi connectivity index (χ3n) is 4.46. The predicted molar refractivity (Wildman–Crippen MR) is 96.9 cm³/mol. The molecule has 1 N–H and O–H groups in total. The summed E-state index contributed by atoms with van der Waals surface area (Å²) >= 11 is 0. The summed E-state index contributed by atoms with van der Waals surface area (Å²) < 4.78 is 5.19. The first-order chi connectivity index (χ1) is 11.4. The molecule has 0 unspecified atom stereocenters. The molecule has 1 aliphatic rings. The molecule has 0 spiro atoms. The molecule has 3 rings (SSSR count). The third-order valence-corrected chi connectivity index (χ3v) is 4.46. The topological polar surface area (TPSA) is 21.3 Å². The van der Waals surface area contributed by atoms with Gasteiger partial charge >= 0.3 is 0 Å². The van der Waals surface area contributed by atoms with Gasteiger partial charge in [-0.3, -0.25) is 0 Å². The highest BCUT2D eigenvalue weighted by Crippen LogP contribution is 2.25. The molecule has 0 aromatic heterocycles. The predicted octanol–water partition coefficient (Wildman–Crippen LogP) is 4.25. The Hall–Kier alpha value is -2.06. The third kappa shape index (κ3) is 4.23. The second-order valence-corrected chi connectivity index (χ2v) is 6.05. The van der Waals surface area contributed by atoms with Crippen LogP contribution in [0.25, 0.3) is 5.57 Å². The van der Waals surface area contributed by atoms with Crippen LogP contribution >= 0.6 is 0 Å². The molecule has 0 radical (unpaired) electrons. The minimum atomic E-state index is 0.926. The van der Waals surface area contributed by atoms with E-state index in [4.69, 9.17) is 4.74 Å². The molecule has 0 heterocycles. The summed E-state index contributed by atoms with van der Waals surface area (Å²) in [5.41, 5.74) is 5.75. The minimum Gasteiger partial charge on any atom is -0.497 e. The zero-order valence-electron chi connectivity index (χ0n) is 13.8. The lowest BCUT2D eigenvalue weighted by Crippen LogP contribution is -2.20. The van der Waals surface area contributed by atoms with Crippen LogP contribution in [0.4, 0.5) is 0 Å². The van der Waals surface area contributed by atoms with Gasteiger partial charge in [0.1, 0.15) is 5.75 Å². The van der Waals surface area contributed by atoms with Crippen molar-refractivity contribution in [3.8, 4) is 5.75 Å². The van der Waals surface area contributed by atoms with Gasteiger partial charge in [-0.25, -0.2) is 0 Å². The number of methoxy groups -OCH3 is 1. The second-order valence-electron chi connectivity index (χ2n) is 6.05. The Balaban J connectivity index is 1.42. The van der Waals surface area contributed by atoms with E-state index in [0.717, 1.165) is 31.7 Å². The number of nitrogens with one attached hydrogen (secondary N) is 1. The fourth-order valence-corrected chi connectivity index (χ4v) is 3.16. The van der Waals surface area contributed by atoms with Crippen LogP contribution in [-0.4, -0.2) is 20.2 Å². The SMILES string of the molecule is COc1ccc(CCCNCC2=CCCc3ccccc32)cc1. The Morgan fingerprint density at radius 2 is 1.87 bits per heavy atom. The fourth-order valence-electron chi connectivity index (χ4n) is 3.16. The van der Waals surface area contributed by atoms with Crippen molar-refractivity contribution in [1.82, 2.24) is 5.32 Å². The lowest BCUT2D eigenvalue weighted by atomic mass is 9.91. The highest BCUT2D eigenvalue weighted by molar-refractivity contribution is 5.71. The van der Waals surface area contributed by atoms with E-state index in [0.29, 0.717) is 0 Å². The largest absolute Gasteiger partial charge is 0.497 e. The summed E-state index contributed by atoms with van der Waals surface area (Å²) in [6, 6.07) is 17.2. The summed E-state index contributed by atoms with van der Waals surface area (Å²) in [6.07, 6.45) is 6.99. The van der Waals surface area contributed by atoms with E-state index < -0.39 is 0 Å². The smallest absolute Gasteiger partial charge is 0.118 e. The monoisotopic (exact) mass is 307 g/mol. The average molecular weight is 307 g/mol. The van der Waals surface area contributed by atoms with Crippen molar-refractivity contribution in [1.29, 1.82) is 0 Å². The number of allylic oxidation sites excluding steroid dienone is 1. The van der Waals surface area contributed by atoms with Gasteiger partial charge in [0.2, 0.25) is 0 Å². The number of aryl methyl sites for hydroxylation is 2. The van der Waals surface area contributed by atoms with Crippen LogP contribution in [0.15, 0.2) is 54.6 Å². The molecule has 120 valence electrons. The quantitative estimate of drug-likeness (QED) is 0.772. The number of benzene rings is 2. The number of rotatable bonds is 7. The van der Waals surface area contributed by atoms with Gasteiger partial charge < -0.3 is 10.1 Å². The second kappa shape index (κ2) is 7.98. The molecule has 0 amide bonds. The van der Waals surface area contributed by atoms with Crippen LogP contribution in [0.5, 0.6) is 5.75 Å². The molecule has 0 fully saturated rings. The Morgan fingerprint density at radius 1 is 1.04 bits per heavy atom. The van der Waals surface area contributed by atoms with Crippen molar-refractivity contribution in [2.75, 3.05) is 20.2 Å². The first kappa shape index (κ1) is 15.8. The van der Waals surface area contributed by atoms with Crippen LogP contribution in [0, 0.1) is 0 Å². The van der Waals surface area contributed by atoms with Crippen molar-refractivity contribution < 1.29 is 4.74 Å². The Bertz CT molecular complexity index is 658. The van der Waals surface area contributed by atoms with Crippen molar-refractivity contribution in [2.24, 2.45) is 0 Å². The maximum absolute atomic E-state index is 5.19. The Morgan fingerprint density at radius 3 is 2.70 bits per heavy atom. The first-order valence-electron chi connectivity index (χ1n) is 8.48. The van der Waals surface area contributed by atoms with Crippen molar-refractivity contribution in [3.63, 3.8) is 0 Å². The van der Waals surface area contributed by atoms with Crippen LogP contribution < -0.4 is 10.1 Å². The summed E-state index contributed by atoms with van der Waals surface area (Å²) in [4.78, 5) is 0. The van der Waals surface area contributed by atoms with Crippen molar-refractivity contribution >= 4 is 5.57 Å². The lowest BCUT2D eigenvalue weighted by Gasteiger charge is -2.18. The van der Waals surface area contributed by atoms with Gasteiger partial charge in [0.15, 0.2) is 0 Å². The molecule has 2 aromatic rings. The number of hydrogen-bond acceptors (Lipinski definition) is 2. The van der Waals surface area contributed by atoms with Gasteiger partial charge in [-0.05, 0) is 66.6 Å². The van der Waals surface area contributed by atoms with E-state index in [1.165, 1.54) is 35.1 Å². The maximum atomic E-state index is 5.19. The van der Waals surface area contributed by atoms with E-state index >= 15 is 0 Å². The van der Waals surface area contributed by atoms with E-state index in [1.54, 1.807) is 7.11 Å². The number of ether oxygens (including phenoxy) is 1. The summed E-state index contributed by atoms with van der Waals surface area (Å²) in [5, 5.41) is 3.60. The van der Waals surface area contributed by atoms with Crippen LogP contribution in [0.1, 0.15) is 29.5 Å². The van der Waals surface area contributed by atoms with E-state index in [1.807, 2.05) is 12.1 Å². The highest BCUT2D eigenvalue weighted by atomic mass is 16.5. The Kier molecular flexibility index (Phi) is 5.49.